The molecule has 2 aliphatic rings. The molecule has 3 aromatic carbocycles. The highest BCUT2D eigenvalue weighted by atomic mass is 35.5. The molecule has 1 amide bonds. The molecule has 0 aromatic heterocycles. The summed E-state index contributed by atoms with van der Waals surface area (Å²) in [6.45, 7) is 10.5. The van der Waals surface area contributed by atoms with Crippen LogP contribution >= 0.6 is 11.6 Å². The van der Waals surface area contributed by atoms with Gasteiger partial charge in [-0.05, 0) is 79.5 Å². The maximum Gasteiger partial charge on any atom is 0.492 e. The van der Waals surface area contributed by atoms with Crippen LogP contribution in [-0.2, 0) is 14.0 Å². The second-order valence-corrected chi connectivity index (χ2v) is 11.3. The number of amides is 1. The average molecular weight is 530 g/mol. The van der Waals surface area contributed by atoms with Gasteiger partial charge in [-0.15, -0.1) is 0 Å². The molecule has 1 aliphatic carbocycles. The van der Waals surface area contributed by atoms with Crippen LogP contribution in [0.2, 0.25) is 5.02 Å². The van der Waals surface area contributed by atoms with E-state index in [4.69, 9.17) is 25.6 Å². The molecule has 1 saturated heterocycles. The van der Waals surface area contributed by atoms with Crippen LogP contribution in [0.4, 0.5) is 4.79 Å². The third-order valence-corrected chi connectivity index (χ3v) is 8.40. The third kappa shape index (κ3) is 5.01. The van der Waals surface area contributed by atoms with E-state index in [1.165, 1.54) is 22.3 Å². The molecule has 5 rings (SSSR count). The van der Waals surface area contributed by atoms with Gasteiger partial charge < -0.3 is 19.4 Å². The smallest absolute Gasteiger partial charge is 0.449 e. The van der Waals surface area contributed by atoms with Crippen LogP contribution in [0.25, 0.3) is 17.2 Å². The number of carbonyl (C=O) groups is 1. The highest BCUT2D eigenvalue weighted by molar-refractivity contribution is 6.56. The van der Waals surface area contributed by atoms with Crippen molar-refractivity contribution in [2.45, 2.75) is 51.7 Å². The molecule has 5 nitrogen and oxygen atoms in total. The SMILES string of the molecule is Cc1c(Cl)cccc1C=C(CNC(=O)OCC1c2ccccc2-c2ccccc21)B1OC(C)(C)C(C)(C)O1. The van der Waals surface area contributed by atoms with E-state index in [1.54, 1.807) is 0 Å². The highest BCUT2D eigenvalue weighted by Gasteiger charge is 2.52. The summed E-state index contributed by atoms with van der Waals surface area (Å²) in [5.41, 5.74) is 6.39. The zero-order valence-electron chi connectivity index (χ0n) is 22.5. The second-order valence-electron chi connectivity index (χ2n) is 10.9. The van der Waals surface area contributed by atoms with Gasteiger partial charge in [0.2, 0.25) is 0 Å². The number of hydrogen-bond acceptors (Lipinski definition) is 4. The number of benzene rings is 3. The Hall–Kier alpha value is -3.06. The van der Waals surface area contributed by atoms with Gasteiger partial charge in [0.25, 0.3) is 0 Å². The molecule has 1 heterocycles. The Morgan fingerprint density at radius 2 is 1.53 bits per heavy atom. The lowest BCUT2D eigenvalue weighted by atomic mass is 9.76. The fourth-order valence-electron chi connectivity index (χ4n) is 5.00. The maximum atomic E-state index is 12.9. The molecule has 0 atom stereocenters. The van der Waals surface area contributed by atoms with Gasteiger partial charge in [-0.25, -0.2) is 4.79 Å². The zero-order chi connectivity index (χ0) is 27.1. The summed E-state index contributed by atoms with van der Waals surface area (Å²) in [5, 5.41) is 3.60. The van der Waals surface area contributed by atoms with Crippen molar-refractivity contribution in [2.75, 3.05) is 13.2 Å². The Bertz CT molecular complexity index is 1340. The van der Waals surface area contributed by atoms with E-state index in [9.17, 15) is 4.79 Å². The van der Waals surface area contributed by atoms with Crippen molar-refractivity contribution in [2.24, 2.45) is 0 Å². The molecular weight excluding hydrogens is 497 g/mol. The molecule has 38 heavy (non-hydrogen) atoms. The quantitative estimate of drug-likeness (QED) is 0.343. The van der Waals surface area contributed by atoms with Crippen LogP contribution in [0.1, 0.15) is 55.9 Å². The van der Waals surface area contributed by atoms with E-state index in [2.05, 4.69) is 29.6 Å². The monoisotopic (exact) mass is 529 g/mol. The van der Waals surface area contributed by atoms with Crippen LogP contribution in [-0.4, -0.2) is 37.6 Å². The first kappa shape index (κ1) is 26.5. The number of carbonyl (C=O) groups excluding carboxylic acids is 1. The Kier molecular flexibility index (Phi) is 7.16. The lowest BCUT2D eigenvalue weighted by Crippen LogP contribution is -2.41. The molecule has 196 valence electrons. The topological polar surface area (TPSA) is 56.8 Å². The number of halogens is 1. The van der Waals surface area contributed by atoms with Gasteiger partial charge in [-0.2, -0.15) is 0 Å². The van der Waals surface area contributed by atoms with Gasteiger partial charge in [-0.3, -0.25) is 0 Å². The highest BCUT2D eigenvalue weighted by Crippen LogP contribution is 2.44. The minimum Gasteiger partial charge on any atom is -0.449 e. The van der Waals surface area contributed by atoms with Crippen molar-refractivity contribution in [1.29, 1.82) is 0 Å². The molecule has 1 fully saturated rings. The maximum absolute atomic E-state index is 12.9. The van der Waals surface area contributed by atoms with E-state index >= 15 is 0 Å². The molecule has 1 N–H and O–H groups in total. The third-order valence-electron chi connectivity index (χ3n) is 7.99. The predicted octanol–water partition coefficient (Wildman–Crippen LogP) is 7.20. The van der Waals surface area contributed by atoms with E-state index in [0.29, 0.717) is 5.02 Å². The fraction of sp³-hybridized carbons (Fsp3) is 0.323. The zero-order valence-corrected chi connectivity index (χ0v) is 23.3. The van der Waals surface area contributed by atoms with Gasteiger partial charge >= 0.3 is 13.2 Å². The van der Waals surface area contributed by atoms with Gasteiger partial charge in [0.15, 0.2) is 0 Å². The van der Waals surface area contributed by atoms with Gasteiger partial charge in [-0.1, -0.05) is 78.3 Å². The van der Waals surface area contributed by atoms with Crippen LogP contribution in [0.5, 0.6) is 0 Å². The Balaban J connectivity index is 1.31. The Labute approximate surface area is 230 Å². The van der Waals surface area contributed by atoms with Crippen molar-refractivity contribution >= 4 is 30.9 Å². The summed E-state index contributed by atoms with van der Waals surface area (Å²) < 4.78 is 18.4. The van der Waals surface area contributed by atoms with Crippen LogP contribution in [0.15, 0.2) is 72.2 Å². The minimum atomic E-state index is -0.618. The Morgan fingerprint density at radius 3 is 2.13 bits per heavy atom. The number of fused-ring (bicyclic) bond motifs is 3. The number of hydrogen-bond donors (Lipinski definition) is 1. The molecule has 0 unspecified atom stereocenters. The molecule has 0 radical (unpaired) electrons. The van der Waals surface area contributed by atoms with Crippen LogP contribution < -0.4 is 5.32 Å². The first-order valence-electron chi connectivity index (χ1n) is 13.0. The van der Waals surface area contributed by atoms with E-state index in [0.717, 1.165) is 16.6 Å². The van der Waals surface area contributed by atoms with Crippen molar-refractivity contribution in [3.05, 3.63) is 99.5 Å². The Morgan fingerprint density at radius 1 is 0.947 bits per heavy atom. The molecule has 0 spiro atoms. The van der Waals surface area contributed by atoms with Crippen LogP contribution in [0, 0.1) is 6.92 Å². The van der Waals surface area contributed by atoms with Gasteiger partial charge in [0.1, 0.15) is 6.61 Å². The number of nitrogens with one attached hydrogen (secondary N) is 1. The van der Waals surface area contributed by atoms with Crippen molar-refractivity contribution in [1.82, 2.24) is 5.32 Å². The first-order chi connectivity index (χ1) is 18.1. The molecular formula is C31H33BClNO4. The fourth-order valence-corrected chi connectivity index (χ4v) is 5.18. The summed E-state index contributed by atoms with van der Waals surface area (Å²) in [7, 11) is -0.618. The lowest BCUT2D eigenvalue weighted by molar-refractivity contribution is 0.00578. The number of alkyl carbamates (subject to hydrolysis) is 1. The number of rotatable bonds is 6. The molecule has 1 aliphatic heterocycles. The largest absolute Gasteiger partial charge is 0.492 e. The standard InChI is InChI=1S/C31H33BClNO4/c1-20-21(11-10-16-28(20)33)17-22(32-37-30(2,3)31(4,5)38-32)18-34-29(35)36-19-27-25-14-8-6-12-23(25)24-13-7-9-15-26(24)27/h6-17,27H,18-19H2,1-5H3,(H,34,35). The van der Waals surface area contributed by atoms with Crippen molar-refractivity contribution < 1.29 is 18.8 Å². The van der Waals surface area contributed by atoms with Crippen molar-refractivity contribution in [3.8, 4) is 11.1 Å². The van der Waals surface area contributed by atoms with Gasteiger partial charge in [0.05, 0.1) is 11.2 Å². The molecule has 0 bridgehead atoms. The predicted molar refractivity (Wildman–Crippen MR) is 153 cm³/mol. The average Bonchev–Trinajstić information content (AvgIpc) is 3.32. The van der Waals surface area contributed by atoms with E-state index in [1.807, 2.05) is 83.2 Å². The minimum absolute atomic E-state index is 0.000342. The molecule has 0 saturated carbocycles. The molecule has 7 heteroatoms. The lowest BCUT2D eigenvalue weighted by Gasteiger charge is -2.32. The summed E-state index contributed by atoms with van der Waals surface area (Å²) in [6, 6.07) is 22.3. The normalized spacial score (nSPS) is 17.7. The molecule has 3 aromatic rings. The van der Waals surface area contributed by atoms with E-state index < -0.39 is 24.4 Å². The second kappa shape index (κ2) is 10.3. The number of ether oxygens (including phenoxy) is 1. The summed E-state index contributed by atoms with van der Waals surface area (Å²) in [5.74, 6) is 0.000342. The summed E-state index contributed by atoms with van der Waals surface area (Å²) in [4.78, 5) is 12.9. The van der Waals surface area contributed by atoms with Crippen LogP contribution in [0.3, 0.4) is 0 Å². The van der Waals surface area contributed by atoms with E-state index in [-0.39, 0.29) is 19.1 Å². The van der Waals surface area contributed by atoms with Gasteiger partial charge in [0, 0.05) is 17.5 Å². The first-order valence-corrected chi connectivity index (χ1v) is 13.4. The summed E-state index contributed by atoms with van der Waals surface area (Å²) >= 11 is 6.37. The van der Waals surface area contributed by atoms with Crippen molar-refractivity contribution in [3.63, 3.8) is 0 Å². The summed E-state index contributed by atoms with van der Waals surface area (Å²) in [6.07, 6.45) is 1.49.